The average molecular weight is 608 g/mol. The molecule has 1 aliphatic carbocycles. The van der Waals surface area contributed by atoms with E-state index in [4.69, 9.17) is 19.7 Å². The lowest BCUT2D eigenvalue weighted by atomic mass is 10.0. The Morgan fingerprint density at radius 2 is 1.93 bits per heavy atom. The fourth-order valence-corrected chi connectivity index (χ4v) is 7.12. The predicted molar refractivity (Wildman–Crippen MR) is 147 cm³/mol. The first-order valence-corrected chi connectivity index (χ1v) is 16.0. The van der Waals surface area contributed by atoms with Gasteiger partial charge in [0.1, 0.15) is 12.2 Å². The van der Waals surface area contributed by atoms with Crippen molar-refractivity contribution in [2.24, 2.45) is 5.92 Å². The van der Waals surface area contributed by atoms with E-state index in [9.17, 15) is 27.6 Å². The Labute approximate surface area is 239 Å². The first kappa shape index (κ1) is 31.2. The standard InChI is InChI=1S/C27H36N3O9PS/c1-3-19(2)16-30(41(35,36)23-11-9-21(28)10-12-23)17-25(39-40(32,33)34)27(15-24(27)20-7-5-4-6-8-20)29-26(31)38-22-13-14-37-18-22/h3-12,19,22,24-25H,1,13-18,28H2,2H3,(H,29,31)(H2,32,33,34)/p-2/t19?,22-,24-,25+,27?/m0/s1. The zero-order valence-electron chi connectivity index (χ0n) is 22.6. The average Bonchev–Trinajstić information content (AvgIpc) is 3.41. The summed E-state index contributed by atoms with van der Waals surface area (Å²) in [6, 6.07) is 14.4. The Morgan fingerprint density at radius 3 is 2.51 bits per heavy atom. The molecule has 0 aromatic heterocycles. The van der Waals surface area contributed by atoms with Crippen LogP contribution in [0, 0.1) is 5.92 Å². The van der Waals surface area contributed by atoms with Crippen molar-refractivity contribution >= 4 is 29.6 Å². The number of amides is 1. The highest BCUT2D eigenvalue weighted by Crippen LogP contribution is 2.56. The molecule has 2 unspecified atom stereocenters. The molecule has 4 rings (SSSR count). The van der Waals surface area contributed by atoms with E-state index in [0.29, 0.717) is 18.7 Å². The number of nitrogens with two attached hydrogens (primary N) is 1. The van der Waals surface area contributed by atoms with Gasteiger partial charge in [-0.25, -0.2) is 13.2 Å². The van der Waals surface area contributed by atoms with Crippen LogP contribution in [0.3, 0.4) is 0 Å². The molecular weight excluding hydrogens is 573 g/mol. The van der Waals surface area contributed by atoms with Crippen LogP contribution in [0.2, 0.25) is 0 Å². The summed E-state index contributed by atoms with van der Waals surface area (Å²) < 4.78 is 56.5. The minimum atomic E-state index is -5.67. The Hall–Kier alpha value is -2.77. The Bertz CT molecular complexity index is 1360. The van der Waals surface area contributed by atoms with Crippen molar-refractivity contribution in [3.05, 3.63) is 72.8 Å². The SMILES string of the molecule is C=CC(C)CN(C[C@@H](OP(=O)([O-])[O-])C1(NC(=O)O[C@H]2CCOC2)C[C@H]1c1ccccc1)S(=O)(=O)c1ccc(N)cc1. The molecule has 2 aromatic carbocycles. The number of phosphoric ester groups is 1. The van der Waals surface area contributed by atoms with Gasteiger partial charge in [-0.15, -0.1) is 6.58 Å². The van der Waals surface area contributed by atoms with Gasteiger partial charge < -0.3 is 39.4 Å². The number of anilines is 1. The number of sulfonamides is 1. The van der Waals surface area contributed by atoms with E-state index in [1.54, 1.807) is 43.3 Å². The van der Waals surface area contributed by atoms with E-state index in [1.165, 1.54) is 24.3 Å². The van der Waals surface area contributed by atoms with Crippen LogP contribution in [-0.4, -0.2) is 62.9 Å². The van der Waals surface area contributed by atoms with Crippen molar-refractivity contribution < 1.29 is 41.6 Å². The highest BCUT2D eigenvalue weighted by atomic mass is 32.2. The Balaban J connectivity index is 1.73. The van der Waals surface area contributed by atoms with E-state index in [0.717, 1.165) is 9.87 Å². The van der Waals surface area contributed by atoms with Crippen molar-refractivity contribution in [2.75, 3.05) is 32.0 Å². The number of rotatable bonds is 13. The summed E-state index contributed by atoms with van der Waals surface area (Å²) in [5, 5.41) is 2.74. The van der Waals surface area contributed by atoms with E-state index in [1.807, 2.05) is 0 Å². The zero-order chi connectivity index (χ0) is 29.8. The van der Waals surface area contributed by atoms with Gasteiger partial charge in [0, 0.05) is 31.1 Å². The van der Waals surface area contributed by atoms with Gasteiger partial charge in [-0.1, -0.05) is 43.3 Å². The summed E-state index contributed by atoms with van der Waals surface area (Å²) >= 11 is 0. The number of ether oxygens (including phenoxy) is 2. The van der Waals surface area contributed by atoms with Crippen molar-refractivity contribution in [1.29, 1.82) is 0 Å². The van der Waals surface area contributed by atoms with E-state index < -0.39 is 54.1 Å². The molecule has 2 aromatic rings. The highest BCUT2D eigenvalue weighted by Gasteiger charge is 2.62. The van der Waals surface area contributed by atoms with Crippen molar-refractivity contribution in [3.63, 3.8) is 0 Å². The summed E-state index contributed by atoms with van der Waals surface area (Å²) in [6.07, 6.45) is -0.725. The number of carbonyl (C=O) groups is 1. The van der Waals surface area contributed by atoms with Crippen LogP contribution in [0.25, 0.3) is 0 Å². The van der Waals surface area contributed by atoms with E-state index in [2.05, 4.69) is 11.9 Å². The summed E-state index contributed by atoms with van der Waals surface area (Å²) in [4.78, 5) is 37.0. The number of nitrogens with one attached hydrogen (secondary N) is 1. The van der Waals surface area contributed by atoms with Crippen LogP contribution in [0.4, 0.5) is 10.5 Å². The molecule has 1 aliphatic heterocycles. The number of benzene rings is 2. The van der Waals surface area contributed by atoms with Crippen molar-refractivity contribution in [1.82, 2.24) is 9.62 Å². The minimum absolute atomic E-state index is 0.0906. The maximum Gasteiger partial charge on any atom is 0.408 e. The molecule has 41 heavy (non-hydrogen) atoms. The van der Waals surface area contributed by atoms with Crippen LogP contribution in [0.1, 0.15) is 31.2 Å². The molecule has 1 amide bonds. The molecule has 1 saturated heterocycles. The van der Waals surface area contributed by atoms with E-state index >= 15 is 0 Å². The normalized spacial score (nSPS) is 24.0. The second-order valence-electron chi connectivity index (χ2n) is 10.4. The second-order valence-corrected chi connectivity index (χ2v) is 13.4. The molecule has 224 valence electrons. The number of nitrogens with zero attached hydrogens (tertiary/aromatic N) is 1. The molecule has 0 spiro atoms. The minimum Gasteiger partial charge on any atom is -0.790 e. The fraction of sp³-hybridized carbons (Fsp3) is 0.444. The lowest BCUT2D eigenvalue weighted by molar-refractivity contribution is -0.345. The Morgan fingerprint density at radius 1 is 1.24 bits per heavy atom. The highest BCUT2D eigenvalue weighted by molar-refractivity contribution is 7.89. The summed E-state index contributed by atoms with van der Waals surface area (Å²) in [5.74, 6) is -0.851. The molecule has 2 aliphatic rings. The molecule has 2 fully saturated rings. The lowest BCUT2D eigenvalue weighted by Crippen LogP contribution is -2.55. The third-order valence-electron chi connectivity index (χ3n) is 7.31. The predicted octanol–water partition coefficient (Wildman–Crippen LogP) is 1.74. The third kappa shape index (κ3) is 7.75. The Kier molecular flexibility index (Phi) is 9.59. The van der Waals surface area contributed by atoms with Gasteiger partial charge in [0.05, 0.1) is 31.5 Å². The molecule has 5 atom stereocenters. The van der Waals surface area contributed by atoms with E-state index in [-0.39, 0.29) is 30.4 Å². The van der Waals surface area contributed by atoms with Gasteiger partial charge in [0.15, 0.2) is 0 Å². The van der Waals surface area contributed by atoms with Gasteiger partial charge in [0.2, 0.25) is 10.0 Å². The monoisotopic (exact) mass is 607 g/mol. The first-order chi connectivity index (χ1) is 19.3. The van der Waals surface area contributed by atoms with Crippen molar-refractivity contribution in [3.8, 4) is 0 Å². The van der Waals surface area contributed by atoms with Crippen molar-refractivity contribution in [2.45, 2.75) is 48.3 Å². The van der Waals surface area contributed by atoms with Crippen LogP contribution in [0.5, 0.6) is 0 Å². The maximum absolute atomic E-state index is 13.8. The number of hydrogen-bond donors (Lipinski definition) is 2. The number of phosphoric acid groups is 1. The summed E-state index contributed by atoms with van der Waals surface area (Å²) in [7, 11) is -9.91. The van der Waals surface area contributed by atoms with Crippen LogP contribution in [0.15, 0.2) is 72.1 Å². The van der Waals surface area contributed by atoms with Gasteiger partial charge in [0.25, 0.3) is 0 Å². The number of carbonyl (C=O) groups excluding carboxylic acids is 1. The van der Waals surface area contributed by atoms with Gasteiger partial charge >= 0.3 is 6.09 Å². The molecule has 1 heterocycles. The molecule has 0 radical (unpaired) electrons. The second kappa shape index (κ2) is 12.6. The van der Waals surface area contributed by atoms with Crippen LogP contribution >= 0.6 is 7.82 Å². The number of alkyl carbamates (subject to hydrolysis) is 1. The zero-order valence-corrected chi connectivity index (χ0v) is 24.3. The van der Waals surface area contributed by atoms with Crippen LogP contribution in [-0.2, 0) is 28.6 Å². The van der Waals surface area contributed by atoms with Gasteiger partial charge in [-0.2, -0.15) is 4.31 Å². The molecule has 12 nitrogen and oxygen atoms in total. The van der Waals surface area contributed by atoms with Gasteiger partial charge in [-0.3, -0.25) is 0 Å². The number of hydrogen-bond acceptors (Lipinski definition) is 10. The largest absolute Gasteiger partial charge is 0.790 e. The first-order valence-electron chi connectivity index (χ1n) is 13.1. The topological polar surface area (TPSA) is 183 Å². The smallest absolute Gasteiger partial charge is 0.408 e. The molecular formula is C27H34N3O9PS-2. The quantitative estimate of drug-likeness (QED) is 0.193. The summed E-state index contributed by atoms with van der Waals surface area (Å²) in [5.41, 5.74) is 5.37. The third-order valence-corrected chi connectivity index (χ3v) is 9.67. The maximum atomic E-state index is 13.8. The summed E-state index contributed by atoms with van der Waals surface area (Å²) in [6.45, 7) is 5.44. The van der Waals surface area contributed by atoms with Gasteiger partial charge in [-0.05, 0) is 42.2 Å². The molecule has 1 saturated carbocycles. The van der Waals surface area contributed by atoms with Crippen LogP contribution < -0.4 is 20.8 Å². The lowest BCUT2D eigenvalue weighted by Gasteiger charge is -2.40. The molecule has 14 heteroatoms. The number of nitrogen functional groups attached to an aromatic ring is 1. The molecule has 3 N–H and O–H groups in total. The molecule has 0 bridgehead atoms. The fourth-order valence-electron chi connectivity index (χ4n) is 5.02.